The molecule has 8 heteroatoms. The Labute approximate surface area is 121 Å². The molecule has 0 bridgehead atoms. The van der Waals surface area contributed by atoms with Crippen molar-refractivity contribution < 1.29 is 18.0 Å². The fourth-order valence-corrected chi connectivity index (χ4v) is 2.80. The molecule has 21 heavy (non-hydrogen) atoms. The Balaban J connectivity index is 2.01. The maximum Gasteiger partial charge on any atom is 0.417 e. The number of fused-ring (bicyclic) bond motifs is 1. The maximum atomic E-state index is 12.9. The first-order valence-corrected chi connectivity index (χ1v) is 6.93. The number of amides is 1. The molecule has 0 aliphatic heterocycles. The summed E-state index contributed by atoms with van der Waals surface area (Å²) in [5.41, 5.74) is -1.18. The maximum absolute atomic E-state index is 12.9. The first-order valence-electron chi connectivity index (χ1n) is 6.11. The van der Waals surface area contributed by atoms with Crippen LogP contribution in [0.2, 0.25) is 0 Å². The van der Waals surface area contributed by atoms with Crippen LogP contribution in [0.15, 0.2) is 12.1 Å². The Bertz CT molecular complexity index is 771. The molecule has 1 heterocycles. The number of halogens is 3. The second-order valence-corrected chi connectivity index (χ2v) is 5.79. The molecule has 108 valence electrons. The molecule has 2 aromatic rings. The van der Waals surface area contributed by atoms with Crippen LogP contribution >= 0.6 is 11.3 Å². The lowest BCUT2D eigenvalue weighted by atomic mass is 10.1. The monoisotopic (exact) mass is 311 g/mol. The van der Waals surface area contributed by atoms with Gasteiger partial charge in [0.1, 0.15) is 0 Å². The predicted molar refractivity (Wildman–Crippen MR) is 70.7 cm³/mol. The first-order chi connectivity index (χ1) is 9.88. The molecule has 0 radical (unpaired) electrons. The third-order valence-corrected chi connectivity index (χ3v) is 4.07. The highest BCUT2D eigenvalue weighted by Crippen LogP contribution is 2.37. The standard InChI is InChI=1S/C13H8F3N3OS/c14-13(15,16)8-4-10-9(3-7(8)5-17)18-12(21-10)19-11(20)6-1-2-6/h3-4,6H,1-2H2,(H,18,19,20). The average Bonchev–Trinajstić information content (AvgIpc) is 3.17. The van der Waals surface area contributed by atoms with Gasteiger partial charge >= 0.3 is 6.18 Å². The number of benzene rings is 1. The predicted octanol–water partition coefficient (Wildman–Crippen LogP) is 3.54. The van der Waals surface area contributed by atoms with Gasteiger partial charge in [-0.05, 0) is 25.0 Å². The van der Waals surface area contributed by atoms with Crippen molar-refractivity contribution in [1.29, 1.82) is 5.26 Å². The van der Waals surface area contributed by atoms with Gasteiger partial charge in [-0.25, -0.2) is 4.98 Å². The van der Waals surface area contributed by atoms with Gasteiger partial charge in [-0.1, -0.05) is 11.3 Å². The molecule has 3 rings (SSSR count). The zero-order valence-corrected chi connectivity index (χ0v) is 11.3. The lowest BCUT2D eigenvalue weighted by Crippen LogP contribution is -2.12. The minimum Gasteiger partial charge on any atom is -0.302 e. The van der Waals surface area contributed by atoms with E-state index in [4.69, 9.17) is 5.26 Å². The number of rotatable bonds is 2. The second-order valence-electron chi connectivity index (χ2n) is 4.76. The minimum absolute atomic E-state index is 0.0163. The molecule has 0 spiro atoms. The summed E-state index contributed by atoms with van der Waals surface area (Å²) in [7, 11) is 0. The van der Waals surface area contributed by atoms with Crippen molar-refractivity contribution in [3.63, 3.8) is 0 Å². The Morgan fingerprint density at radius 1 is 1.43 bits per heavy atom. The number of hydrogen-bond donors (Lipinski definition) is 1. The largest absolute Gasteiger partial charge is 0.417 e. The molecular formula is C13H8F3N3OS. The van der Waals surface area contributed by atoms with Crippen molar-refractivity contribution in [2.45, 2.75) is 19.0 Å². The van der Waals surface area contributed by atoms with Crippen molar-refractivity contribution in [2.24, 2.45) is 5.92 Å². The molecule has 0 unspecified atom stereocenters. The van der Waals surface area contributed by atoms with Crippen molar-refractivity contribution >= 4 is 32.6 Å². The molecule has 1 aromatic heterocycles. The third kappa shape index (κ3) is 2.69. The van der Waals surface area contributed by atoms with E-state index in [-0.39, 0.29) is 27.2 Å². The Morgan fingerprint density at radius 3 is 2.71 bits per heavy atom. The van der Waals surface area contributed by atoms with E-state index in [1.165, 1.54) is 6.07 Å². The summed E-state index contributed by atoms with van der Waals surface area (Å²) in [6, 6.07) is 3.53. The van der Waals surface area contributed by atoms with Crippen LogP contribution in [0.25, 0.3) is 10.2 Å². The van der Waals surface area contributed by atoms with E-state index < -0.39 is 17.3 Å². The number of nitriles is 1. The van der Waals surface area contributed by atoms with Gasteiger partial charge in [0.05, 0.1) is 27.4 Å². The number of alkyl halides is 3. The van der Waals surface area contributed by atoms with Crippen molar-refractivity contribution in [3.05, 3.63) is 23.3 Å². The molecule has 0 atom stereocenters. The lowest BCUT2D eigenvalue weighted by molar-refractivity contribution is -0.137. The average molecular weight is 311 g/mol. The zero-order valence-electron chi connectivity index (χ0n) is 10.5. The van der Waals surface area contributed by atoms with Crippen molar-refractivity contribution in [1.82, 2.24) is 4.98 Å². The third-order valence-electron chi connectivity index (χ3n) is 3.13. The van der Waals surface area contributed by atoms with Gasteiger partial charge < -0.3 is 5.32 Å². The molecule has 1 saturated carbocycles. The molecule has 1 aromatic carbocycles. The van der Waals surface area contributed by atoms with Crippen LogP contribution in [0.1, 0.15) is 24.0 Å². The van der Waals surface area contributed by atoms with Crippen LogP contribution < -0.4 is 5.32 Å². The minimum atomic E-state index is -4.60. The van der Waals surface area contributed by atoms with Gasteiger partial charge in [-0.2, -0.15) is 18.4 Å². The number of nitrogens with zero attached hydrogens (tertiary/aromatic N) is 2. The molecule has 0 saturated heterocycles. The summed E-state index contributed by atoms with van der Waals surface area (Å²) in [5.74, 6) is -0.178. The highest BCUT2D eigenvalue weighted by atomic mass is 32.1. The smallest absolute Gasteiger partial charge is 0.302 e. The number of anilines is 1. The fraction of sp³-hybridized carbons (Fsp3) is 0.308. The Kier molecular flexibility index (Phi) is 3.10. The number of nitrogens with one attached hydrogen (secondary N) is 1. The molecule has 1 amide bonds. The summed E-state index contributed by atoms with van der Waals surface area (Å²) >= 11 is 0.968. The van der Waals surface area contributed by atoms with Gasteiger partial charge in [-0.3, -0.25) is 4.79 Å². The van der Waals surface area contributed by atoms with Crippen molar-refractivity contribution in [3.8, 4) is 6.07 Å². The van der Waals surface area contributed by atoms with Crippen LogP contribution in [0.3, 0.4) is 0 Å². The lowest BCUT2D eigenvalue weighted by Gasteiger charge is -2.07. The topological polar surface area (TPSA) is 65.8 Å². The van der Waals surface area contributed by atoms with E-state index in [0.29, 0.717) is 0 Å². The van der Waals surface area contributed by atoms with Gasteiger partial charge in [0.25, 0.3) is 0 Å². The molecule has 1 N–H and O–H groups in total. The fourth-order valence-electron chi connectivity index (χ4n) is 1.91. The molecule has 4 nitrogen and oxygen atoms in total. The normalized spacial score (nSPS) is 15.0. The van der Waals surface area contributed by atoms with Gasteiger partial charge in [0.15, 0.2) is 5.13 Å². The number of hydrogen-bond acceptors (Lipinski definition) is 4. The highest BCUT2D eigenvalue weighted by Gasteiger charge is 2.34. The van der Waals surface area contributed by atoms with Gasteiger partial charge in [0.2, 0.25) is 5.91 Å². The number of thiazole rings is 1. The second kappa shape index (κ2) is 4.70. The number of carbonyl (C=O) groups excluding carboxylic acids is 1. The van der Waals surface area contributed by atoms with Crippen LogP contribution in [0, 0.1) is 17.2 Å². The van der Waals surface area contributed by atoms with Gasteiger partial charge in [0, 0.05) is 5.92 Å². The summed E-state index contributed by atoms with van der Waals surface area (Å²) in [6.07, 6.45) is -2.94. The van der Waals surface area contributed by atoms with Crippen LogP contribution in [-0.2, 0) is 11.0 Å². The van der Waals surface area contributed by atoms with Crippen LogP contribution in [-0.4, -0.2) is 10.9 Å². The van der Waals surface area contributed by atoms with E-state index in [1.54, 1.807) is 0 Å². The summed E-state index contributed by atoms with van der Waals surface area (Å²) in [6.45, 7) is 0. The van der Waals surface area contributed by atoms with Crippen LogP contribution in [0.5, 0.6) is 0 Å². The SMILES string of the molecule is N#Cc1cc2nc(NC(=O)C3CC3)sc2cc1C(F)(F)F. The van der Waals surface area contributed by atoms with Crippen LogP contribution in [0.4, 0.5) is 18.3 Å². The summed E-state index contributed by atoms with van der Waals surface area (Å²) in [4.78, 5) is 15.7. The number of carbonyl (C=O) groups is 1. The first kappa shape index (κ1) is 13.8. The highest BCUT2D eigenvalue weighted by molar-refractivity contribution is 7.22. The molecule has 1 fully saturated rings. The van der Waals surface area contributed by atoms with E-state index >= 15 is 0 Å². The molecule has 1 aliphatic rings. The van der Waals surface area contributed by atoms with Crippen molar-refractivity contribution in [2.75, 3.05) is 5.32 Å². The van der Waals surface area contributed by atoms with E-state index in [1.807, 2.05) is 0 Å². The quantitative estimate of drug-likeness (QED) is 0.922. The number of aromatic nitrogens is 1. The van der Waals surface area contributed by atoms with Gasteiger partial charge in [-0.15, -0.1) is 0 Å². The molecule has 1 aliphatic carbocycles. The molecular weight excluding hydrogens is 303 g/mol. The van der Waals surface area contributed by atoms with E-state index in [0.717, 1.165) is 36.3 Å². The zero-order chi connectivity index (χ0) is 15.2. The summed E-state index contributed by atoms with van der Waals surface area (Å²) in [5, 5.41) is 11.7. The van der Waals surface area contributed by atoms with E-state index in [2.05, 4.69) is 10.3 Å². The Hall–Kier alpha value is -2.14. The summed E-state index contributed by atoms with van der Waals surface area (Å²) < 4.78 is 38.9. The Morgan fingerprint density at radius 2 is 2.14 bits per heavy atom. The van der Waals surface area contributed by atoms with E-state index in [9.17, 15) is 18.0 Å².